The van der Waals surface area contributed by atoms with Crippen LogP contribution in [0.5, 0.6) is 0 Å². The van der Waals surface area contributed by atoms with E-state index in [1.807, 2.05) is 0 Å². The predicted molar refractivity (Wildman–Crippen MR) is 61.3 cm³/mol. The molecule has 0 N–H and O–H groups in total. The maximum atomic E-state index is 10.2. The molecule has 15 heavy (non-hydrogen) atoms. The van der Waals surface area contributed by atoms with E-state index in [0.29, 0.717) is 0 Å². The normalized spacial score (nSPS) is 10.0. The van der Waals surface area contributed by atoms with Crippen LogP contribution in [-0.2, 0) is 0 Å². The molecule has 0 saturated carbocycles. The van der Waals surface area contributed by atoms with Crippen molar-refractivity contribution in [2.75, 3.05) is 6.61 Å². The molecule has 0 rings (SSSR count). The fourth-order valence-electron chi connectivity index (χ4n) is 1.77. The van der Waals surface area contributed by atoms with Gasteiger partial charge in [0.25, 0.3) is 0 Å². The summed E-state index contributed by atoms with van der Waals surface area (Å²) in [5.74, 6) is 0. The monoisotopic (exact) mass is 222 g/mol. The molecule has 0 heterocycles. The quantitative estimate of drug-likeness (QED) is 0.372. The molecule has 0 aliphatic rings. The zero-order chi connectivity index (χ0) is 10.5. The molecule has 0 aromatic heterocycles. The summed E-state index contributed by atoms with van der Waals surface area (Å²) >= 11 is 0. The van der Waals surface area contributed by atoms with Gasteiger partial charge in [0.2, 0.25) is 0 Å². The largest absolute Gasteiger partial charge is 1.00 e. The van der Waals surface area contributed by atoms with Crippen molar-refractivity contribution in [3.05, 3.63) is 0 Å². The first-order valence-corrected chi connectivity index (χ1v) is 6.50. The molecule has 2 heteroatoms. The summed E-state index contributed by atoms with van der Waals surface area (Å²) in [5.41, 5.74) is 0. The van der Waals surface area contributed by atoms with Gasteiger partial charge in [0.05, 0.1) is 0 Å². The first kappa shape index (κ1) is 18.3. The van der Waals surface area contributed by atoms with E-state index in [1.54, 1.807) is 0 Å². The van der Waals surface area contributed by atoms with Gasteiger partial charge in [-0.1, -0.05) is 77.6 Å². The van der Waals surface area contributed by atoms with Crippen molar-refractivity contribution in [1.82, 2.24) is 0 Å². The molecule has 0 unspecified atom stereocenters. The fourth-order valence-corrected chi connectivity index (χ4v) is 1.77. The Kier molecular flexibility index (Phi) is 21.2. The summed E-state index contributed by atoms with van der Waals surface area (Å²) in [6.45, 7) is 2.38. The smallest absolute Gasteiger partial charge is 0.854 e. The summed E-state index contributed by atoms with van der Waals surface area (Å²) < 4.78 is 0. The van der Waals surface area contributed by atoms with Gasteiger partial charge < -0.3 is 5.11 Å². The third-order valence-electron chi connectivity index (χ3n) is 2.75. The summed E-state index contributed by atoms with van der Waals surface area (Å²) in [4.78, 5) is 0. The summed E-state index contributed by atoms with van der Waals surface area (Å²) in [5, 5.41) is 10.2. The van der Waals surface area contributed by atoms with Crippen LogP contribution >= 0.6 is 0 Å². The standard InChI is InChI=1S/C13H27O.Na/c1-2-3-4-5-6-7-8-9-10-11-12-13-14;/h2-13H2,1H3;/q-1;+1. The van der Waals surface area contributed by atoms with Gasteiger partial charge in [-0.2, -0.15) is 0 Å². The van der Waals surface area contributed by atoms with Crippen LogP contribution in [0.4, 0.5) is 0 Å². The molecule has 0 aliphatic heterocycles. The molecular formula is C13H27NaO. The molecule has 0 aliphatic carbocycles. The molecule has 0 spiro atoms. The van der Waals surface area contributed by atoms with E-state index < -0.39 is 0 Å². The van der Waals surface area contributed by atoms with Crippen molar-refractivity contribution in [2.24, 2.45) is 0 Å². The Hall–Kier alpha value is 0.960. The number of unbranched alkanes of at least 4 members (excludes halogenated alkanes) is 10. The average Bonchev–Trinajstić information content (AvgIpc) is 2.21. The minimum atomic E-state index is 0. The van der Waals surface area contributed by atoms with Gasteiger partial charge in [-0.15, -0.1) is 6.61 Å². The van der Waals surface area contributed by atoms with Gasteiger partial charge in [-0.3, -0.25) is 0 Å². The Labute approximate surface area is 118 Å². The first-order chi connectivity index (χ1) is 6.91. The third-order valence-corrected chi connectivity index (χ3v) is 2.75. The second-order valence-electron chi connectivity index (χ2n) is 4.24. The Balaban J connectivity index is 0. The topological polar surface area (TPSA) is 23.1 Å². The van der Waals surface area contributed by atoms with Gasteiger partial charge in [0.1, 0.15) is 0 Å². The SMILES string of the molecule is CCCCCCCCCCCCC[O-].[Na+]. The summed E-state index contributed by atoms with van der Waals surface area (Å²) in [6.07, 6.45) is 14.5. The predicted octanol–water partition coefficient (Wildman–Crippen LogP) is 0.662. The van der Waals surface area contributed by atoms with Crippen molar-refractivity contribution in [2.45, 2.75) is 77.6 Å². The van der Waals surface area contributed by atoms with Crippen LogP contribution in [-0.4, -0.2) is 6.61 Å². The summed E-state index contributed by atoms with van der Waals surface area (Å²) in [6, 6.07) is 0. The van der Waals surface area contributed by atoms with Crippen LogP contribution in [0.3, 0.4) is 0 Å². The molecule has 0 radical (unpaired) electrons. The van der Waals surface area contributed by atoms with E-state index >= 15 is 0 Å². The molecule has 0 fully saturated rings. The molecule has 0 atom stereocenters. The van der Waals surface area contributed by atoms with Crippen molar-refractivity contribution < 1.29 is 34.7 Å². The Morgan fingerprint density at radius 1 is 0.600 bits per heavy atom. The van der Waals surface area contributed by atoms with Crippen molar-refractivity contribution >= 4 is 0 Å². The number of rotatable bonds is 11. The zero-order valence-electron chi connectivity index (χ0n) is 10.9. The van der Waals surface area contributed by atoms with E-state index in [1.165, 1.54) is 57.8 Å². The molecule has 1 nitrogen and oxygen atoms in total. The molecule has 0 bridgehead atoms. The maximum absolute atomic E-state index is 10.2. The maximum Gasteiger partial charge on any atom is 1.00 e. The number of hydrogen-bond acceptors (Lipinski definition) is 1. The molecular weight excluding hydrogens is 195 g/mol. The second kappa shape index (κ2) is 17.4. The van der Waals surface area contributed by atoms with E-state index in [-0.39, 0.29) is 36.2 Å². The molecule has 0 amide bonds. The van der Waals surface area contributed by atoms with Crippen LogP contribution in [0.15, 0.2) is 0 Å². The van der Waals surface area contributed by atoms with Crippen LogP contribution < -0.4 is 34.7 Å². The summed E-state index contributed by atoms with van der Waals surface area (Å²) in [7, 11) is 0. The first-order valence-electron chi connectivity index (χ1n) is 6.50. The minimum Gasteiger partial charge on any atom is -0.854 e. The van der Waals surface area contributed by atoms with E-state index in [9.17, 15) is 5.11 Å². The van der Waals surface area contributed by atoms with Crippen molar-refractivity contribution in [1.29, 1.82) is 0 Å². The third kappa shape index (κ3) is 17.6. The van der Waals surface area contributed by atoms with E-state index in [0.717, 1.165) is 12.8 Å². The van der Waals surface area contributed by atoms with E-state index in [2.05, 4.69) is 6.92 Å². The van der Waals surface area contributed by atoms with Gasteiger partial charge in [-0.25, -0.2) is 0 Å². The van der Waals surface area contributed by atoms with Gasteiger partial charge in [0, 0.05) is 0 Å². The Morgan fingerprint density at radius 3 is 1.27 bits per heavy atom. The average molecular weight is 222 g/mol. The molecule has 0 aromatic carbocycles. The van der Waals surface area contributed by atoms with Gasteiger partial charge >= 0.3 is 29.6 Å². The Morgan fingerprint density at radius 2 is 0.933 bits per heavy atom. The zero-order valence-corrected chi connectivity index (χ0v) is 12.9. The molecule has 86 valence electrons. The van der Waals surface area contributed by atoms with Crippen molar-refractivity contribution in [3.8, 4) is 0 Å². The van der Waals surface area contributed by atoms with Crippen LogP contribution in [0, 0.1) is 0 Å². The van der Waals surface area contributed by atoms with Crippen LogP contribution in [0.1, 0.15) is 77.6 Å². The Bertz CT molecular complexity index is 84.5. The number of hydrogen-bond donors (Lipinski definition) is 0. The van der Waals surface area contributed by atoms with Crippen molar-refractivity contribution in [3.63, 3.8) is 0 Å². The van der Waals surface area contributed by atoms with E-state index in [4.69, 9.17) is 0 Å². The fraction of sp³-hybridized carbons (Fsp3) is 1.00. The molecule has 0 saturated heterocycles. The van der Waals surface area contributed by atoms with Crippen LogP contribution in [0.25, 0.3) is 0 Å². The van der Waals surface area contributed by atoms with Crippen LogP contribution in [0.2, 0.25) is 0 Å². The van der Waals surface area contributed by atoms with Gasteiger partial charge in [0.15, 0.2) is 0 Å². The second-order valence-corrected chi connectivity index (χ2v) is 4.24. The minimum absolute atomic E-state index is 0. The van der Waals surface area contributed by atoms with Gasteiger partial charge in [-0.05, 0) is 0 Å². The molecule has 0 aromatic rings.